The summed E-state index contributed by atoms with van der Waals surface area (Å²) in [7, 11) is 3.42. The van der Waals surface area contributed by atoms with Crippen LogP contribution in [0.25, 0.3) is 0 Å². The first-order chi connectivity index (χ1) is 5.20. The van der Waals surface area contributed by atoms with Gasteiger partial charge in [0, 0.05) is 0 Å². The smallest absolute Gasteiger partial charge is 0.0221 e. The van der Waals surface area contributed by atoms with Gasteiger partial charge in [0.15, 0.2) is 0 Å². The monoisotopic (exact) mass is 172 g/mol. The molecule has 0 aromatic rings. The summed E-state index contributed by atoms with van der Waals surface area (Å²) in [6, 6.07) is 0. The van der Waals surface area contributed by atoms with Crippen LogP contribution in [0.2, 0.25) is 0 Å². The summed E-state index contributed by atoms with van der Waals surface area (Å²) < 4.78 is 0. The average molecular weight is 172 g/mol. The molecule has 0 aliphatic rings. The molecule has 0 aliphatic carbocycles. The molecule has 0 radical (unpaired) electrons. The fourth-order valence-electron chi connectivity index (χ4n) is 1.08. The Hall–Kier alpha value is 0.170. The predicted octanol–water partition coefficient (Wildman–Crippen LogP) is 3.78. The highest BCUT2D eigenvalue weighted by molar-refractivity contribution is 7.18. The van der Waals surface area contributed by atoms with Gasteiger partial charge in [-0.3, -0.25) is 0 Å². The van der Waals surface area contributed by atoms with E-state index < -0.39 is 0 Å². The van der Waals surface area contributed by atoms with Crippen molar-refractivity contribution in [3.05, 3.63) is 0 Å². The second-order valence-electron chi connectivity index (χ2n) is 3.59. The molecule has 0 rings (SSSR count). The molecule has 66 valence electrons. The van der Waals surface area contributed by atoms with Crippen molar-refractivity contribution in [1.82, 2.24) is 0 Å². The van der Waals surface area contributed by atoms with Gasteiger partial charge in [0.1, 0.15) is 0 Å². The molecule has 0 fully saturated rings. The zero-order valence-corrected chi connectivity index (χ0v) is 9.06. The van der Waals surface area contributed by atoms with E-state index in [1.54, 1.807) is 0 Å². The van der Waals surface area contributed by atoms with E-state index in [1.807, 2.05) is 0 Å². The van der Waals surface area contributed by atoms with Crippen molar-refractivity contribution < 1.29 is 0 Å². The van der Waals surface area contributed by atoms with Crippen molar-refractivity contribution in [1.29, 1.82) is 0 Å². The van der Waals surface area contributed by atoms with Gasteiger partial charge in [-0.2, -0.15) is 0 Å². The van der Waals surface area contributed by atoms with Crippen LogP contribution in [-0.4, -0.2) is 5.80 Å². The first kappa shape index (κ1) is 11.2. The Morgan fingerprint density at radius 1 is 1.27 bits per heavy atom. The van der Waals surface area contributed by atoms with Gasteiger partial charge in [-0.25, -0.2) is 0 Å². The van der Waals surface area contributed by atoms with Crippen LogP contribution >= 0.6 is 8.86 Å². The van der Waals surface area contributed by atoms with Crippen LogP contribution in [0.4, 0.5) is 0 Å². The molecule has 0 aromatic heterocycles. The van der Waals surface area contributed by atoms with E-state index in [4.69, 9.17) is 0 Å². The van der Waals surface area contributed by atoms with Crippen molar-refractivity contribution in [2.75, 3.05) is 0 Å². The molecule has 2 atom stereocenters. The minimum absolute atomic E-state index is 0.732. The quantitative estimate of drug-likeness (QED) is 0.535. The second-order valence-corrected chi connectivity index (χ2v) is 3.92. The third-order valence-electron chi connectivity index (χ3n) is 2.34. The molecule has 0 aromatic carbocycles. The minimum Gasteiger partial charge on any atom is -0.126 e. The van der Waals surface area contributed by atoms with Crippen LogP contribution in [0, 0.1) is 11.8 Å². The molecule has 0 saturated carbocycles. The fraction of sp³-hybridized carbons (Fsp3) is 0.900. The Morgan fingerprint density at radius 2 is 1.91 bits per heavy atom. The molecule has 1 heteroatoms. The SMILES string of the molecule is CCC(C)CCCC(C)C=P. The first-order valence-electron chi connectivity index (χ1n) is 4.71. The van der Waals surface area contributed by atoms with Crippen LogP contribution in [0.3, 0.4) is 0 Å². The molecule has 0 aliphatic heterocycles. The molecular formula is C10H21P. The van der Waals surface area contributed by atoms with Gasteiger partial charge in [0.2, 0.25) is 0 Å². The van der Waals surface area contributed by atoms with Crippen molar-refractivity contribution in [2.24, 2.45) is 11.8 Å². The van der Waals surface area contributed by atoms with E-state index in [9.17, 15) is 0 Å². The third-order valence-corrected chi connectivity index (χ3v) is 2.91. The third kappa shape index (κ3) is 6.56. The van der Waals surface area contributed by atoms with Crippen molar-refractivity contribution in [3.63, 3.8) is 0 Å². The molecular weight excluding hydrogens is 151 g/mol. The molecule has 0 saturated heterocycles. The summed E-state index contributed by atoms with van der Waals surface area (Å²) in [6.07, 6.45) is 5.41. The van der Waals surface area contributed by atoms with Crippen LogP contribution in [0.15, 0.2) is 0 Å². The molecule has 0 spiro atoms. The highest BCUT2D eigenvalue weighted by Crippen LogP contribution is 2.13. The topological polar surface area (TPSA) is 0 Å². The first-order valence-corrected chi connectivity index (χ1v) is 5.29. The van der Waals surface area contributed by atoms with Gasteiger partial charge in [0.05, 0.1) is 0 Å². The lowest BCUT2D eigenvalue weighted by Crippen LogP contribution is -1.97. The van der Waals surface area contributed by atoms with E-state index in [0.717, 1.165) is 11.8 Å². The van der Waals surface area contributed by atoms with Crippen LogP contribution in [-0.2, 0) is 0 Å². The van der Waals surface area contributed by atoms with E-state index in [1.165, 1.54) is 25.7 Å². The van der Waals surface area contributed by atoms with E-state index in [2.05, 4.69) is 35.4 Å². The Kier molecular flexibility index (Phi) is 6.96. The Bertz CT molecular complexity index is 99.0. The lowest BCUT2D eigenvalue weighted by atomic mass is 9.98. The molecule has 0 heterocycles. The number of hydrogen-bond acceptors (Lipinski definition) is 0. The fourth-order valence-corrected chi connectivity index (χ4v) is 1.24. The van der Waals surface area contributed by atoms with Crippen molar-refractivity contribution in [2.45, 2.75) is 46.5 Å². The van der Waals surface area contributed by atoms with E-state index >= 15 is 0 Å². The Labute approximate surface area is 73.6 Å². The van der Waals surface area contributed by atoms with Crippen LogP contribution < -0.4 is 0 Å². The maximum absolute atomic E-state index is 3.42. The zero-order chi connectivity index (χ0) is 8.69. The average Bonchev–Trinajstić information content (AvgIpc) is 2.04. The van der Waals surface area contributed by atoms with E-state index in [-0.39, 0.29) is 0 Å². The predicted molar refractivity (Wildman–Crippen MR) is 56.8 cm³/mol. The highest BCUT2D eigenvalue weighted by atomic mass is 31.0. The summed E-state index contributed by atoms with van der Waals surface area (Å²) in [5.74, 6) is 3.75. The molecule has 0 amide bonds. The summed E-state index contributed by atoms with van der Waals surface area (Å²) in [5, 5.41) is 0. The Balaban J connectivity index is 3.19. The van der Waals surface area contributed by atoms with E-state index in [0.29, 0.717) is 0 Å². The molecule has 0 bridgehead atoms. The standard InChI is InChI=1S/C10H21P/c1-4-9(2)6-5-7-10(3)8-11/h8-11H,4-7H2,1-3H3. The van der Waals surface area contributed by atoms with Gasteiger partial charge < -0.3 is 0 Å². The van der Waals surface area contributed by atoms with Gasteiger partial charge >= 0.3 is 0 Å². The van der Waals surface area contributed by atoms with Gasteiger partial charge in [-0.05, 0) is 18.3 Å². The lowest BCUT2D eigenvalue weighted by molar-refractivity contribution is 0.471. The normalized spacial score (nSPS) is 15.9. The summed E-state index contributed by atoms with van der Waals surface area (Å²) >= 11 is 0. The highest BCUT2D eigenvalue weighted by Gasteiger charge is 2.00. The van der Waals surface area contributed by atoms with Gasteiger partial charge in [-0.1, -0.05) is 45.8 Å². The number of rotatable bonds is 6. The second kappa shape index (κ2) is 6.85. The molecule has 0 N–H and O–H groups in total. The summed E-state index contributed by atoms with van der Waals surface area (Å²) in [4.78, 5) is 0. The maximum atomic E-state index is 3.42. The number of hydrogen-bond donors (Lipinski definition) is 0. The van der Waals surface area contributed by atoms with Crippen LogP contribution in [0.1, 0.15) is 46.5 Å². The van der Waals surface area contributed by atoms with Gasteiger partial charge in [0.25, 0.3) is 0 Å². The van der Waals surface area contributed by atoms with Crippen molar-refractivity contribution >= 4 is 14.7 Å². The maximum Gasteiger partial charge on any atom is -0.0221 e. The Morgan fingerprint density at radius 3 is 2.36 bits per heavy atom. The molecule has 0 nitrogen and oxygen atoms in total. The summed E-state index contributed by atoms with van der Waals surface area (Å²) in [6.45, 7) is 6.86. The van der Waals surface area contributed by atoms with Gasteiger partial charge in [-0.15, -0.1) is 8.86 Å². The summed E-state index contributed by atoms with van der Waals surface area (Å²) in [5.41, 5.74) is 0. The van der Waals surface area contributed by atoms with Crippen molar-refractivity contribution in [3.8, 4) is 0 Å². The largest absolute Gasteiger partial charge is 0.126 e. The van der Waals surface area contributed by atoms with Crippen LogP contribution in [0.5, 0.6) is 0 Å². The molecule has 2 unspecified atom stereocenters. The minimum atomic E-state index is 0.732. The lowest BCUT2D eigenvalue weighted by Gasteiger charge is -2.09. The zero-order valence-electron chi connectivity index (χ0n) is 8.06. The molecule has 11 heavy (non-hydrogen) atoms.